The van der Waals surface area contributed by atoms with E-state index in [-0.39, 0.29) is 5.54 Å². The van der Waals surface area contributed by atoms with Gasteiger partial charge in [0.2, 0.25) is 6.08 Å². The Morgan fingerprint density at radius 1 is 1.50 bits per heavy atom. The predicted molar refractivity (Wildman–Crippen MR) is 66.9 cm³/mol. The van der Waals surface area contributed by atoms with Crippen molar-refractivity contribution >= 4 is 29.4 Å². The number of halogens is 1. The van der Waals surface area contributed by atoms with Gasteiger partial charge in [-0.15, -0.1) is 11.8 Å². The van der Waals surface area contributed by atoms with Gasteiger partial charge in [0.15, 0.2) is 0 Å². The molecule has 0 spiro atoms. The van der Waals surface area contributed by atoms with Crippen LogP contribution in [-0.2, 0) is 10.3 Å². The van der Waals surface area contributed by atoms with Crippen molar-refractivity contribution in [3.63, 3.8) is 0 Å². The number of aliphatic imine (C=N–C) groups is 1. The Bertz CT molecular complexity index is 450. The molecular formula is C12H12ClNOS. The van der Waals surface area contributed by atoms with E-state index >= 15 is 0 Å². The quantitative estimate of drug-likeness (QED) is 0.466. The first-order chi connectivity index (χ1) is 7.72. The van der Waals surface area contributed by atoms with E-state index in [1.165, 1.54) is 0 Å². The van der Waals surface area contributed by atoms with E-state index in [1.54, 1.807) is 17.8 Å². The van der Waals surface area contributed by atoms with Gasteiger partial charge in [-0.25, -0.2) is 4.79 Å². The van der Waals surface area contributed by atoms with E-state index in [2.05, 4.69) is 4.99 Å². The molecule has 2 rings (SSSR count). The summed E-state index contributed by atoms with van der Waals surface area (Å²) in [6.07, 6.45) is 6.61. The molecule has 1 aliphatic carbocycles. The van der Waals surface area contributed by atoms with Crippen molar-refractivity contribution in [3.8, 4) is 0 Å². The zero-order valence-corrected chi connectivity index (χ0v) is 10.6. The number of benzene rings is 1. The Morgan fingerprint density at radius 3 is 2.69 bits per heavy atom. The van der Waals surface area contributed by atoms with Crippen LogP contribution in [0.5, 0.6) is 0 Å². The molecular weight excluding hydrogens is 242 g/mol. The van der Waals surface area contributed by atoms with Gasteiger partial charge in [-0.3, -0.25) is 0 Å². The third-order valence-electron chi connectivity index (χ3n) is 3.13. The summed E-state index contributed by atoms with van der Waals surface area (Å²) in [5, 5.41) is 0.734. The Balaban J connectivity index is 2.40. The molecule has 0 N–H and O–H groups in total. The van der Waals surface area contributed by atoms with Crippen LogP contribution in [0, 0.1) is 0 Å². The summed E-state index contributed by atoms with van der Waals surface area (Å²) in [6, 6.07) is 5.92. The first-order valence-electron chi connectivity index (χ1n) is 5.15. The second-order valence-corrected chi connectivity index (χ2v) is 5.19. The number of thioether (sulfide) groups is 1. The highest BCUT2D eigenvalue weighted by Crippen LogP contribution is 2.45. The van der Waals surface area contributed by atoms with E-state index < -0.39 is 0 Å². The number of isocyanates is 1. The standard InChI is InChI=1S/C12H12ClNOS/c1-16-11-4-3-9(7-10(11)13)12(14-8-15)5-2-6-12/h3-4,7H,2,5-6H2,1H3. The Hall–Kier alpha value is -0.760. The molecule has 0 heterocycles. The maximum atomic E-state index is 10.5. The van der Waals surface area contributed by atoms with Crippen LogP contribution in [0.15, 0.2) is 28.1 Å². The first kappa shape index (κ1) is 11.7. The molecule has 0 bridgehead atoms. The van der Waals surface area contributed by atoms with Gasteiger partial charge >= 0.3 is 0 Å². The fraction of sp³-hybridized carbons (Fsp3) is 0.417. The van der Waals surface area contributed by atoms with Gasteiger partial charge in [0.25, 0.3) is 0 Å². The first-order valence-corrected chi connectivity index (χ1v) is 6.75. The average Bonchev–Trinajstić information content (AvgIpc) is 2.23. The molecule has 0 radical (unpaired) electrons. The van der Waals surface area contributed by atoms with Crippen LogP contribution in [0.1, 0.15) is 24.8 Å². The molecule has 2 nitrogen and oxygen atoms in total. The average molecular weight is 254 g/mol. The molecule has 0 unspecified atom stereocenters. The number of nitrogens with zero attached hydrogens (tertiary/aromatic N) is 1. The summed E-state index contributed by atoms with van der Waals surface area (Å²) in [5.74, 6) is 0. The van der Waals surface area contributed by atoms with Gasteiger partial charge < -0.3 is 0 Å². The minimum Gasteiger partial charge on any atom is -0.211 e. The zero-order chi connectivity index (χ0) is 11.6. The molecule has 0 amide bonds. The lowest BCUT2D eigenvalue weighted by Crippen LogP contribution is -2.31. The van der Waals surface area contributed by atoms with Crippen molar-refractivity contribution in [1.29, 1.82) is 0 Å². The lowest BCUT2D eigenvalue weighted by molar-refractivity contribution is 0.256. The SMILES string of the molecule is CSc1ccc(C2(N=C=O)CCC2)cc1Cl. The number of carbonyl (C=O) groups excluding carboxylic acids is 1. The van der Waals surface area contributed by atoms with Crippen LogP contribution in [0.25, 0.3) is 0 Å². The van der Waals surface area contributed by atoms with E-state index in [0.29, 0.717) is 0 Å². The summed E-state index contributed by atoms with van der Waals surface area (Å²) in [7, 11) is 0. The largest absolute Gasteiger partial charge is 0.235 e. The van der Waals surface area contributed by atoms with Crippen molar-refractivity contribution in [2.24, 2.45) is 4.99 Å². The van der Waals surface area contributed by atoms with Crippen LogP contribution in [0.4, 0.5) is 0 Å². The number of rotatable bonds is 3. The molecule has 4 heteroatoms. The fourth-order valence-corrected chi connectivity index (χ4v) is 2.89. The lowest BCUT2D eigenvalue weighted by atomic mass is 9.72. The highest BCUT2D eigenvalue weighted by atomic mass is 35.5. The van der Waals surface area contributed by atoms with Crippen molar-refractivity contribution in [3.05, 3.63) is 28.8 Å². The van der Waals surface area contributed by atoms with Gasteiger partial charge in [-0.1, -0.05) is 17.7 Å². The smallest absolute Gasteiger partial charge is 0.211 e. The molecule has 1 aliphatic rings. The lowest BCUT2D eigenvalue weighted by Gasteiger charge is -2.37. The van der Waals surface area contributed by atoms with Gasteiger partial charge in [-0.05, 0) is 43.2 Å². The second-order valence-electron chi connectivity index (χ2n) is 3.94. The van der Waals surface area contributed by atoms with Crippen LogP contribution < -0.4 is 0 Å². The molecule has 1 aromatic rings. The van der Waals surface area contributed by atoms with Crippen LogP contribution in [0.3, 0.4) is 0 Å². The normalized spacial score (nSPS) is 17.4. The summed E-state index contributed by atoms with van der Waals surface area (Å²) in [6.45, 7) is 0. The maximum Gasteiger partial charge on any atom is 0.235 e. The summed E-state index contributed by atoms with van der Waals surface area (Å²) in [4.78, 5) is 15.5. The van der Waals surface area contributed by atoms with Crippen LogP contribution >= 0.6 is 23.4 Å². The van der Waals surface area contributed by atoms with Crippen molar-refractivity contribution in [2.45, 2.75) is 29.7 Å². The topological polar surface area (TPSA) is 29.4 Å². The molecule has 0 atom stereocenters. The third-order valence-corrected chi connectivity index (χ3v) is 4.35. The molecule has 1 saturated carbocycles. The maximum absolute atomic E-state index is 10.5. The van der Waals surface area contributed by atoms with Gasteiger partial charge in [0, 0.05) is 4.90 Å². The molecule has 0 aromatic heterocycles. The predicted octanol–water partition coefficient (Wildman–Crippen LogP) is 3.78. The van der Waals surface area contributed by atoms with E-state index in [4.69, 9.17) is 11.6 Å². The molecule has 16 heavy (non-hydrogen) atoms. The van der Waals surface area contributed by atoms with Crippen molar-refractivity contribution in [1.82, 2.24) is 0 Å². The molecule has 84 valence electrons. The Kier molecular flexibility index (Phi) is 3.38. The van der Waals surface area contributed by atoms with Crippen LogP contribution in [-0.4, -0.2) is 12.3 Å². The highest BCUT2D eigenvalue weighted by Gasteiger charge is 2.39. The number of hydrogen-bond acceptors (Lipinski definition) is 3. The summed E-state index contributed by atoms with van der Waals surface area (Å²) < 4.78 is 0. The minimum absolute atomic E-state index is 0.345. The molecule has 0 saturated heterocycles. The molecule has 0 aliphatic heterocycles. The van der Waals surface area contributed by atoms with E-state index in [9.17, 15) is 4.79 Å². The minimum atomic E-state index is -0.345. The van der Waals surface area contributed by atoms with Crippen molar-refractivity contribution < 1.29 is 4.79 Å². The zero-order valence-electron chi connectivity index (χ0n) is 9.00. The second kappa shape index (κ2) is 4.62. The van der Waals surface area contributed by atoms with E-state index in [0.717, 1.165) is 34.7 Å². The number of hydrogen-bond donors (Lipinski definition) is 0. The summed E-state index contributed by atoms with van der Waals surface area (Å²) >= 11 is 7.77. The highest BCUT2D eigenvalue weighted by molar-refractivity contribution is 7.98. The van der Waals surface area contributed by atoms with Gasteiger partial charge in [0.05, 0.1) is 10.6 Å². The molecule has 1 aromatic carbocycles. The summed E-state index contributed by atoms with van der Waals surface area (Å²) in [5.41, 5.74) is 0.687. The fourth-order valence-electron chi connectivity index (χ4n) is 2.02. The molecule has 1 fully saturated rings. The van der Waals surface area contributed by atoms with Gasteiger partial charge in [0.1, 0.15) is 0 Å². The van der Waals surface area contributed by atoms with Crippen molar-refractivity contribution in [2.75, 3.05) is 6.26 Å². The van der Waals surface area contributed by atoms with Gasteiger partial charge in [-0.2, -0.15) is 4.99 Å². The third kappa shape index (κ3) is 1.91. The Morgan fingerprint density at radius 2 is 2.25 bits per heavy atom. The monoisotopic (exact) mass is 253 g/mol. The Labute approximate surface area is 104 Å². The van der Waals surface area contributed by atoms with Crippen LogP contribution in [0.2, 0.25) is 5.02 Å². The van der Waals surface area contributed by atoms with E-state index in [1.807, 2.05) is 24.5 Å².